The molecule has 0 saturated heterocycles. The summed E-state index contributed by atoms with van der Waals surface area (Å²) in [6, 6.07) is 14.6. The van der Waals surface area contributed by atoms with Crippen molar-refractivity contribution in [2.75, 3.05) is 0 Å². The van der Waals surface area contributed by atoms with E-state index in [0.29, 0.717) is 0 Å². The van der Waals surface area contributed by atoms with Gasteiger partial charge in [-0.2, -0.15) is 0 Å². The predicted molar refractivity (Wildman–Crippen MR) is 94.8 cm³/mol. The van der Waals surface area contributed by atoms with Gasteiger partial charge in [-0.3, -0.25) is 4.79 Å². The Kier molecular flexibility index (Phi) is 4.80. The minimum Gasteiger partial charge on any atom is -0.345 e. The predicted octanol–water partition coefficient (Wildman–Crippen LogP) is 4.75. The minimum atomic E-state index is 0.0123. The zero-order valence-corrected chi connectivity index (χ0v) is 14.1. The molecule has 1 unspecified atom stereocenters. The second kappa shape index (κ2) is 6.99. The summed E-state index contributed by atoms with van der Waals surface area (Å²) in [6.45, 7) is 4.14. The van der Waals surface area contributed by atoms with Gasteiger partial charge in [0.25, 0.3) is 5.91 Å². The summed E-state index contributed by atoms with van der Waals surface area (Å²) in [4.78, 5) is 12.5. The van der Waals surface area contributed by atoms with Crippen LogP contribution in [0.3, 0.4) is 0 Å². The number of benzene rings is 2. The van der Waals surface area contributed by atoms with Crippen LogP contribution in [0.15, 0.2) is 42.5 Å². The number of aryl methyl sites for hydroxylation is 3. The Morgan fingerprint density at radius 1 is 1.09 bits per heavy atom. The average molecular weight is 307 g/mol. The van der Waals surface area contributed by atoms with Crippen molar-refractivity contribution in [2.24, 2.45) is 0 Å². The first-order valence-electron chi connectivity index (χ1n) is 8.66. The average Bonchev–Trinajstić information content (AvgIpc) is 2.59. The largest absolute Gasteiger partial charge is 0.345 e. The Morgan fingerprint density at radius 3 is 2.61 bits per heavy atom. The van der Waals surface area contributed by atoms with E-state index < -0.39 is 0 Å². The van der Waals surface area contributed by atoms with Gasteiger partial charge in [0.1, 0.15) is 0 Å². The van der Waals surface area contributed by atoms with E-state index in [1.807, 2.05) is 31.2 Å². The molecule has 0 radical (unpaired) electrons. The van der Waals surface area contributed by atoms with Crippen molar-refractivity contribution in [1.29, 1.82) is 0 Å². The number of carbonyl (C=O) groups excluding carboxylic acids is 1. The quantitative estimate of drug-likeness (QED) is 0.867. The lowest BCUT2D eigenvalue weighted by Crippen LogP contribution is -2.28. The highest BCUT2D eigenvalue weighted by atomic mass is 16.1. The Morgan fingerprint density at radius 2 is 1.87 bits per heavy atom. The highest BCUT2D eigenvalue weighted by Crippen LogP contribution is 2.26. The summed E-state index contributed by atoms with van der Waals surface area (Å²) in [7, 11) is 0. The molecule has 0 aromatic heterocycles. The van der Waals surface area contributed by atoms with Crippen LogP contribution in [0, 0.1) is 6.92 Å². The van der Waals surface area contributed by atoms with Gasteiger partial charge in [0.2, 0.25) is 0 Å². The smallest absolute Gasteiger partial charge is 0.251 e. The van der Waals surface area contributed by atoms with E-state index in [2.05, 4.69) is 30.4 Å². The van der Waals surface area contributed by atoms with Crippen LogP contribution in [0.4, 0.5) is 0 Å². The lowest BCUT2D eigenvalue weighted by molar-refractivity contribution is 0.0935. The summed E-state index contributed by atoms with van der Waals surface area (Å²) < 4.78 is 0. The maximum atomic E-state index is 12.5. The molecule has 0 fully saturated rings. The van der Waals surface area contributed by atoms with Gasteiger partial charge < -0.3 is 5.32 Å². The molecule has 0 spiro atoms. The van der Waals surface area contributed by atoms with Crippen molar-refractivity contribution in [3.63, 3.8) is 0 Å². The number of nitrogens with one attached hydrogen (secondary N) is 1. The number of hydrogen-bond acceptors (Lipinski definition) is 1. The maximum Gasteiger partial charge on any atom is 0.251 e. The fourth-order valence-corrected chi connectivity index (χ4v) is 3.42. The molecule has 120 valence electrons. The molecule has 2 heteroatoms. The Hall–Kier alpha value is -2.09. The molecule has 1 aliphatic rings. The highest BCUT2D eigenvalue weighted by Gasteiger charge is 2.17. The number of fused-ring (bicyclic) bond motifs is 1. The van der Waals surface area contributed by atoms with E-state index in [9.17, 15) is 4.79 Å². The van der Waals surface area contributed by atoms with Gasteiger partial charge in [-0.05, 0) is 67.9 Å². The Balaban J connectivity index is 1.78. The second-order valence-corrected chi connectivity index (χ2v) is 6.54. The molecule has 1 aliphatic carbocycles. The summed E-state index contributed by atoms with van der Waals surface area (Å²) in [5.41, 5.74) is 6.03. The maximum absolute atomic E-state index is 12.5. The Bertz CT molecular complexity index is 705. The highest BCUT2D eigenvalue weighted by molar-refractivity contribution is 5.94. The molecule has 0 heterocycles. The van der Waals surface area contributed by atoms with Crippen molar-refractivity contribution >= 4 is 5.91 Å². The molecular formula is C21H25NO. The fourth-order valence-electron chi connectivity index (χ4n) is 3.42. The van der Waals surface area contributed by atoms with Crippen molar-refractivity contribution in [3.8, 4) is 0 Å². The first-order valence-corrected chi connectivity index (χ1v) is 8.66. The molecule has 1 atom stereocenters. The lowest BCUT2D eigenvalue weighted by Gasteiger charge is -2.22. The van der Waals surface area contributed by atoms with Crippen LogP contribution in [0.5, 0.6) is 0 Å². The number of amides is 1. The third-order valence-corrected chi connectivity index (χ3v) is 4.77. The monoisotopic (exact) mass is 307 g/mol. The minimum absolute atomic E-state index is 0.0123. The van der Waals surface area contributed by atoms with E-state index in [4.69, 9.17) is 0 Å². The molecule has 23 heavy (non-hydrogen) atoms. The van der Waals surface area contributed by atoms with Gasteiger partial charge >= 0.3 is 0 Å². The van der Waals surface area contributed by atoms with Gasteiger partial charge in [-0.15, -0.1) is 0 Å². The normalized spacial score (nSPS) is 14.9. The van der Waals surface area contributed by atoms with Crippen LogP contribution in [-0.2, 0) is 12.8 Å². The molecule has 3 rings (SSSR count). The van der Waals surface area contributed by atoms with E-state index >= 15 is 0 Å². The molecule has 1 N–H and O–H groups in total. The third kappa shape index (κ3) is 3.64. The van der Waals surface area contributed by atoms with Crippen molar-refractivity contribution < 1.29 is 4.79 Å². The van der Waals surface area contributed by atoms with Crippen molar-refractivity contribution in [2.45, 2.75) is 52.0 Å². The number of rotatable bonds is 4. The van der Waals surface area contributed by atoms with Crippen LogP contribution < -0.4 is 5.32 Å². The molecule has 0 bridgehead atoms. The van der Waals surface area contributed by atoms with Gasteiger partial charge in [0, 0.05) is 5.56 Å². The van der Waals surface area contributed by atoms with Gasteiger partial charge in [0.15, 0.2) is 0 Å². The fraction of sp³-hybridized carbons (Fsp3) is 0.381. The first kappa shape index (κ1) is 15.8. The van der Waals surface area contributed by atoms with E-state index in [1.165, 1.54) is 42.4 Å². The first-order chi connectivity index (χ1) is 11.2. The van der Waals surface area contributed by atoms with Crippen LogP contribution in [-0.4, -0.2) is 5.91 Å². The van der Waals surface area contributed by atoms with Gasteiger partial charge in [0.05, 0.1) is 6.04 Å². The van der Waals surface area contributed by atoms with Crippen LogP contribution >= 0.6 is 0 Å². The lowest BCUT2D eigenvalue weighted by atomic mass is 9.88. The molecule has 2 aromatic rings. The summed E-state index contributed by atoms with van der Waals surface area (Å²) in [6.07, 6.45) is 5.85. The van der Waals surface area contributed by atoms with Crippen molar-refractivity contribution in [3.05, 3.63) is 70.3 Å². The van der Waals surface area contributed by atoms with Crippen LogP contribution in [0.25, 0.3) is 0 Å². The summed E-state index contributed by atoms with van der Waals surface area (Å²) in [5, 5.41) is 3.19. The standard InChI is InChI=1S/C21H25NO/c1-3-20(22-21(23)19-10-6-7-15(2)13-19)18-12-11-16-8-4-5-9-17(16)14-18/h6-7,10-14,20H,3-5,8-9H2,1-2H3,(H,22,23). The second-order valence-electron chi connectivity index (χ2n) is 6.54. The number of hydrogen-bond donors (Lipinski definition) is 1. The van der Waals surface area contributed by atoms with Crippen LogP contribution in [0.1, 0.15) is 64.8 Å². The van der Waals surface area contributed by atoms with E-state index in [0.717, 1.165) is 17.5 Å². The summed E-state index contributed by atoms with van der Waals surface area (Å²) >= 11 is 0. The molecule has 0 saturated carbocycles. The summed E-state index contributed by atoms with van der Waals surface area (Å²) in [5.74, 6) is 0.0123. The zero-order valence-electron chi connectivity index (χ0n) is 14.1. The molecule has 0 aliphatic heterocycles. The number of carbonyl (C=O) groups is 1. The van der Waals surface area contributed by atoms with Crippen LogP contribution in [0.2, 0.25) is 0 Å². The zero-order chi connectivity index (χ0) is 16.2. The van der Waals surface area contributed by atoms with Crippen molar-refractivity contribution in [1.82, 2.24) is 5.32 Å². The topological polar surface area (TPSA) is 29.1 Å². The van der Waals surface area contributed by atoms with Gasteiger partial charge in [-0.1, -0.05) is 42.8 Å². The Labute approximate surface area is 138 Å². The van der Waals surface area contributed by atoms with E-state index in [-0.39, 0.29) is 11.9 Å². The van der Waals surface area contributed by atoms with Gasteiger partial charge in [-0.25, -0.2) is 0 Å². The molecule has 1 amide bonds. The molecular weight excluding hydrogens is 282 g/mol. The third-order valence-electron chi connectivity index (χ3n) is 4.77. The van der Waals surface area contributed by atoms with E-state index in [1.54, 1.807) is 0 Å². The SMILES string of the molecule is CCC(NC(=O)c1cccc(C)c1)c1ccc2c(c1)CCCC2. The molecule has 2 nitrogen and oxygen atoms in total. The molecule has 2 aromatic carbocycles.